The van der Waals surface area contributed by atoms with Gasteiger partial charge in [-0.3, -0.25) is 4.79 Å². The van der Waals surface area contributed by atoms with Gasteiger partial charge in [0.1, 0.15) is 5.82 Å². The van der Waals surface area contributed by atoms with Crippen LogP contribution < -0.4 is 11.5 Å². The predicted molar refractivity (Wildman–Crippen MR) is 63.3 cm³/mol. The van der Waals surface area contributed by atoms with Gasteiger partial charge in [-0.15, -0.1) is 0 Å². The third kappa shape index (κ3) is 2.84. The number of carbonyl (C=O) groups is 1. The maximum Gasteiger partial charge on any atom is 0.243 e. The van der Waals surface area contributed by atoms with E-state index < -0.39 is 28.3 Å². The highest BCUT2D eigenvalue weighted by Gasteiger charge is 2.25. The Morgan fingerprint density at radius 1 is 1.44 bits per heavy atom. The van der Waals surface area contributed by atoms with Gasteiger partial charge in [0.25, 0.3) is 0 Å². The maximum atomic E-state index is 13.5. The van der Waals surface area contributed by atoms with E-state index in [0.717, 1.165) is 10.4 Å². The SMILES string of the molecule is CN(CC(N)=O)S(=O)(=O)c1cccc(F)c1CN. The second-order valence-electron chi connectivity index (χ2n) is 3.65. The molecule has 4 N–H and O–H groups in total. The molecule has 0 unspecified atom stereocenters. The second-order valence-corrected chi connectivity index (χ2v) is 5.66. The Labute approximate surface area is 104 Å². The summed E-state index contributed by atoms with van der Waals surface area (Å²) < 4.78 is 38.4. The van der Waals surface area contributed by atoms with Crippen LogP contribution in [0.2, 0.25) is 0 Å². The van der Waals surface area contributed by atoms with E-state index >= 15 is 0 Å². The average Bonchev–Trinajstić information content (AvgIpc) is 2.27. The average molecular weight is 275 g/mol. The molecule has 0 saturated carbocycles. The van der Waals surface area contributed by atoms with E-state index in [1.54, 1.807) is 0 Å². The highest BCUT2D eigenvalue weighted by molar-refractivity contribution is 7.89. The van der Waals surface area contributed by atoms with Crippen LogP contribution in [0.5, 0.6) is 0 Å². The molecule has 1 rings (SSSR count). The molecule has 6 nitrogen and oxygen atoms in total. The minimum absolute atomic E-state index is 0.117. The van der Waals surface area contributed by atoms with E-state index in [0.29, 0.717) is 0 Å². The Balaban J connectivity index is 3.28. The highest BCUT2D eigenvalue weighted by Crippen LogP contribution is 2.21. The summed E-state index contributed by atoms with van der Waals surface area (Å²) in [7, 11) is -2.80. The molecule has 0 spiro atoms. The molecule has 18 heavy (non-hydrogen) atoms. The van der Waals surface area contributed by atoms with Gasteiger partial charge in [0.2, 0.25) is 15.9 Å². The molecule has 0 atom stereocenters. The molecule has 1 amide bonds. The van der Waals surface area contributed by atoms with E-state index in [-0.39, 0.29) is 17.0 Å². The Hall–Kier alpha value is -1.51. The van der Waals surface area contributed by atoms with Gasteiger partial charge < -0.3 is 11.5 Å². The molecule has 8 heteroatoms. The number of rotatable bonds is 5. The summed E-state index contributed by atoms with van der Waals surface area (Å²) in [6, 6.07) is 3.62. The maximum absolute atomic E-state index is 13.5. The summed E-state index contributed by atoms with van der Waals surface area (Å²) >= 11 is 0. The molecule has 0 aliphatic rings. The van der Waals surface area contributed by atoms with Crippen LogP contribution in [0.4, 0.5) is 4.39 Å². The summed E-state index contributed by atoms with van der Waals surface area (Å²) in [5.74, 6) is -1.50. The molecular formula is C10H14FN3O3S. The molecule has 0 saturated heterocycles. The normalized spacial score (nSPS) is 11.8. The van der Waals surface area contributed by atoms with Gasteiger partial charge in [0.15, 0.2) is 0 Å². The van der Waals surface area contributed by atoms with Crippen LogP contribution in [-0.4, -0.2) is 32.2 Å². The molecule has 0 heterocycles. The number of hydrogen-bond donors (Lipinski definition) is 2. The zero-order valence-corrected chi connectivity index (χ0v) is 10.6. The smallest absolute Gasteiger partial charge is 0.243 e. The molecule has 1 aromatic rings. The Kier molecular flexibility index (Phi) is 4.38. The predicted octanol–water partition coefficient (Wildman–Crippen LogP) is -0.610. The van der Waals surface area contributed by atoms with Crippen molar-refractivity contribution in [2.75, 3.05) is 13.6 Å². The van der Waals surface area contributed by atoms with Crippen molar-refractivity contribution in [1.29, 1.82) is 0 Å². The third-order valence-electron chi connectivity index (χ3n) is 2.35. The van der Waals surface area contributed by atoms with Crippen molar-refractivity contribution in [1.82, 2.24) is 4.31 Å². The van der Waals surface area contributed by atoms with Gasteiger partial charge in [-0.05, 0) is 12.1 Å². The van der Waals surface area contributed by atoms with Crippen LogP contribution in [0.25, 0.3) is 0 Å². The fraction of sp³-hybridized carbons (Fsp3) is 0.300. The summed E-state index contributed by atoms with van der Waals surface area (Å²) in [5.41, 5.74) is 10.1. The van der Waals surface area contributed by atoms with E-state index in [9.17, 15) is 17.6 Å². The van der Waals surface area contributed by atoms with E-state index in [4.69, 9.17) is 11.5 Å². The summed E-state index contributed by atoms with van der Waals surface area (Å²) in [6.45, 7) is -0.742. The summed E-state index contributed by atoms with van der Waals surface area (Å²) in [5, 5.41) is 0. The summed E-state index contributed by atoms with van der Waals surface area (Å²) in [6.07, 6.45) is 0. The molecule has 0 aliphatic carbocycles. The lowest BCUT2D eigenvalue weighted by molar-refractivity contribution is -0.118. The lowest BCUT2D eigenvalue weighted by atomic mass is 10.2. The number of nitrogens with zero attached hydrogens (tertiary/aromatic N) is 1. The number of amides is 1. The number of carbonyl (C=O) groups excluding carboxylic acids is 1. The Bertz CT molecular complexity index is 559. The van der Waals surface area contributed by atoms with Crippen molar-refractivity contribution in [3.8, 4) is 0 Å². The number of halogens is 1. The van der Waals surface area contributed by atoms with Crippen LogP contribution in [0, 0.1) is 5.82 Å². The minimum Gasteiger partial charge on any atom is -0.369 e. The van der Waals surface area contributed by atoms with Crippen LogP contribution in [0.3, 0.4) is 0 Å². The molecule has 0 aromatic heterocycles. The zero-order chi connectivity index (χ0) is 13.9. The van der Waals surface area contributed by atoms with Crippen molar-refractivity contribution >= 4 is 15.9 Å². The van der Waals surface area contributed by atoms with E-state index in [1.165, 1.54) is 19.2 Å². The highest BCUT2D eigenvalue weighted by atomic mass is 32.2. The van der Waals surface area contributed by atoms with Crippen LogP contribution in [0.15, 0.2) is 23.1 Å². The lowest BCUT2D eigenvalue weighted by Crippen LogP contribution is -2.36. The van der Waals surface area contributed by atoms with Crippen molar-refractivity contribution in [3.05, 3.63) is 29.6 Å². The molecule has 0 fully saturated rings. The summed E-state index contributed by atoms with van der Waals surface area (Å²) in [4.78, 5) is 10.5. The van der Waals surface area contributed by atoms with E-state index in [1.807, 2.05) is 0 Å². The van der Waals surface area contributed by atoms with E-state index in [2.05, 4.69) is 0 Å². The van der Waals surface area contributed by atoms with Gasteiger partial charge in [0.05, 0.1) is 11.4 Å². The largest absolute Gasteiger partial charge is 0.369 e. The van der Waals surface area contributed by atoms with Gasteiger partial charge >= 0.3 is 0 Å². The number of benzene rings is 1. The molecular weight excluding hydrogens is 261 g/mol. The molecule has 0 bridgehead atoms. The number of nitrogens with two attached hydrogens (primary N) is 2. The first-order valence-electron chi connectivity index (χ1n) is 5.02. The molecule has 0 aliphatic heterocycles. The van der Waals surface area contributed by atoms with Gasteiger partial charge in [-0.2, -0.15) is 4.31 Å². The Morgan fingerprint density at radius 2 is 2.06 bits per heavy atom. The molecule has 0 radical (unpaired) electrons. The first kappa shape index (κ1) is 14.6. The second kappa shape index (κ2) is 5.42. The fourth-order valence-electron chi connectivity index (χ4n) is 1.45. The fourth-order valence-corrected chi connectivity index (χ4v) is 2.83. The number of primary amides is 1. The van der Waals surface area contributed by atoms with Crippen molar-refractivity contribution < 1.29 is 17.6 Å². The first-order valence-corrected chi connectivity index (χ1v) is 6.46. The van der Waals surface area contributed by atoms with Crippen LogP contribution in [-0.2, 0) is 21.4 Å². The van der Waals surface area contributed by atoms with Gasteiger partial charge in [-0.25, -0.2) is 12.8 Å². The zero-order valence-electron chi connectivity index (χ0n) is 9.76. The standard InChI is InChI=1S/C10H14FN3O3S/c1-14(6-10(13)15)18(16,17)9-4-2-3-8(11)7(9)5-12/h2-4H,5-6,12H2,1H3,(H2,13,15). The van der Waals surface area contributed by atoms with Gasteiger partial charge in [-0.1, -0.05) is 6.07 Å². The number of likely N-dealkylation sites (N-methyl/N-ethyl adjacent to an activating group) is 1. The Morgan fingerprint density at radius 3 is 2.56 bits per heavy atom. The minimum atomic E-state index is -3.99. The topological polar surface area (TPSA) is 106 Å². The van der Waals surface area contributed by atoms with Crippen LogP contribution in [0.1, 0.15) is 5.56 Å². The molecule has 1 aromatic carbocycles. The number of sulfonamides is 1. The van der Waals surface area contributed by atoms with Crippen LogP contribution >= 0.6 is 0 Å². The van der Waals surface area contributed by atoms with Crippen molar-refractivity contribution in [2.45, 2.75) is 11.4 Å². The first-order chi connectivity index (χ1) is 8.30. The number of hydrogen-bond acceptors (Lipinski definition) is 4. The third-order valence-corrected chi connectivity index (χ3v) is 4.23. The molecule has 100 valence electrons. The lowest BCUT2D eigenvalue weighted by Gasteiger charge is -2.17. The van der Waals surface area contributed by atoms with Crippen molar-refractivity contribution in [2.24, 2.45) is 11.5 Å². The van der Waals surface area contributed by atoms with Crippen molar-refractivity contribution in [3.63, 3.8) is 0 Å². The van der Waals surface area contributed by atoms with Gasteiger partial charge in [0, 0.05) is 19.2 Å². The quantitative estimate of drug-likeness (QED) is 0.747. The monoisotopic (exact) mass is 275 g/mol.